The maximum Gasteiger partial charge on any atom is 0.0787 e. The van der Waals surface area contributed by atoms with Gasteiger partial charge in [-0.2, -0.15) is 11.8 Å². The first-order chi connectivity index (χ1) is 10.3. The highest BCUT2D eigenvalue weighted by Gasteiger charge is 2.47. The van der Waals surface area contributed by atoms with E-state index >= 15 is 0 Å². The molecule has 2 atom stereocenters. The van der Waals surface area contributed by atoms with E-state index in [1.807, 2.05) is 0 Å². The molecule has 4 nitrogen and oxygen atoms in total. The molecule has 1 N–H and O–H groups in total. The predicted octanol–water partition coefficient (Wildman–Crippen LogP) is 2.13. The van der Waals surface area contributed by atoms with Gasteiger partial charge in [-0.25, -0.2) is 0 Å². The van der Waals surface area contributed by atoms with Crippen LogP contribution in [0.5, 0.6) is 0 Å². The third-order valence-corrected chi connectivity index (χ3v) is 6.75. The number of morpholine rings is 1. The Morgan fingerprint density at radius 3 is 2.45 bits per heavy atom. The zero-order valence-electron chi connectivity index (χ0n) is 14.6. The molecule has 22 heavy (non-hydrogen) atoms. The Hall–Kier alpha value is 0.190. The summed E-state index contributed by atoms with van der Waals surface area (Å²) >= 11 is 2.10. The molecule has 0 amide bonds. The molecule has 128 valence electrons. The smallest absolute Gasteiger partial charge is 0.0787 e. The van der Waals surface area contributed by atoms with Gasteiger partial charge in [-0.3, -0.25) is 4.90 Å². The number of hydrogen-bond acceptors (Lipinski definition) is 5. The fourth-order valence-electron chi connectivity index (χ4n) is 4.33. The molecular formula is C17H32N2O2S. The van der Waals surface area contributed by atoms with Gasteiger partial charge in [-0.05, 0) is 46.3 Å². The maximum atomic E-state index is 6.24. The Bertz CT molecular complexity index is 388. The van der Waals surface area contributed by atoms with E-state index in [2.05, 4.69) is 49.7 Å². The van der Waals surface area contributed by atoms with Crippen LogP contribution in [0, 0.1) is 0 Å². The van der Waals surface area contributed by atoms with Crippen molar-refractivity contribution in [1.82, 2.24) is 10.2 Å². The summed E-state index contributed by atoms with van der Waals surface area (Å²) in [7, 11) is 0. The van der Waals surface area contributed by atoms with Crippen LogP contribution >= 0.6 is 11.8 Å². The zero-order valence-corrected chi connectivity index (χ0v) is 15.4. The predicted molar refractivity (Wildman–Crippen MR) is 92.7 cm³/mol. The van der Waals surface area contributed by atoms with Crippen LogP contribution in [-0.4, -0.2) is 72.0 Å². The number of rotatable bonds is 4. The standard InChI is InChI=1S/C17H32N2O2S/c1-15(2)11-14(16(3,4)21-15)18-12-17(5-10-22-13-17)19-6-8-20-9-7-19/h14,18H,5-13H2,1-4H3/t14-,17-/m0/s1. The van der Waals surface area contributed by atoms with Gasteiger partial charge in [0, 0.05) is 37.0 Å². The second kappa shape index (κ2) is 6.25. The van der Waals surface area contributed by atoms with Crippen LogP contribution in [0.4, 0.5) is 0 Å². The molecule has 3 heterocycles. The van der Waals surface area contributed by atoms with E-state index in [4.69, 9.17) is 9.47 Å². The van der Waals surface area contributed by atoms with Gasteiger partial charge < -0.3 is 14.8 Å². The van der Waals surface area contributed by atoms with Gasteiger partial charge in [0.05, 0.1) is 24.4 Å². The topological polar surface area (TPSA) is 33.7 Å². The van der Waals surface area contributed by atoms with Crippen molar-refractivity contribution in [3.63, 3.8) is 0 Å². The Labute approximate surface area is 139 Å². The van der Waals surface area contributed by atoms with Crippen molar-refractivity contribution in [3.8, 4) is 0 Å². The van der Waals surface area contributed by atoms with E-state index in [1.54, 1.807) is 0 Å². The van der Waals surface area contributed by atoms with Crippen LogP contribution in [0.25, 0.3) is 0 Å². The quantitative estimate of drug-likeness (QED) is 0.855. The summed E-state index contributed by atoms with van der Waals surface area (Å²) in [6.45, 7) is 13.9. The van der Waals surface area contributed by atoms with E-state index in [0.29, 0.717) is 11.6 Å². The highest BCUT2D eigenvalue weighted by molar-refractivity contribution is 7.99. The monoisotopic (exact) mass is 328 g/mol. The van der Waals surface area contributed by atoms with Crippen molar-refractivity contribution in [2.24, 2.45) is 0 Å². The van der Waals surface area contributed by atoms with Crippen LogP contribution in [0.15, 0.2) is 0 Å². The van der Waals surface area contributed by atoms with E-state index in [1.165, 1.54) is 17.9 Å². The summed E-state index contributed by atoms with van der Waals surface area (Å²) in [5.41, 5.74) is 0.219. The van der Waals surface area contributed by atoms with E-state index in [0.717, 1.165) is 39.3 Å². The molecule has 0 radical (unpaired) electrons. The van der Waals surface area contributed by atoms with Crippen molar-refractivity contribution in [2.75, 3.05) is 44.4 Å². The minimum Gasteiger partial charge on any atom is -0.379 e. The van der Waals surface area contributed by atoms with Crippen LogP contribution < -0.4 is 5.32 Å². The fraction of sp³-hybridized carbons (Fsp3) is 1.00. The molecule has 3 fully saturated rings. The third kappa shape index (κ3) is 3.48. The van der Waals surface area contributed by atoms with Gasteiger partial charge in [-0.1, -0.05) is 0 Å². The molecule has 0 bridgehead atoms. The Morgan fingerprint density at radius 1 is 1.18 bits per heavy atom. The molecule has 0 unspecified atom stereocenters. The van der Waals surface area contributed by atoms with Crippen molar-refractivity contribution >= 4 is 11.8 Å². The van der Waals surface area contributed by atoms with E-state index in [-0.39, 0.29) is 11.2 Å². The highest BCUT2D eigenvalue weighted by Crippen LogP contribution is 2.39. The van der Waals surface area contributed by atoms with Crippen molar-refractivity contribution in [3.05, 3.63) is 0 Å². The van der Waals surface area contributed by atoms with Gasteiger partial charge in [0.1, 0.15) is 0 Å². The average molecular weight is 329 g/mol. The number of nitrogens with one attached hydrogen (secondary N) is 1. The molecule has 0 aromatic heterocycles. The van der Waals surface area contributed by atoms with E-state index in [9.17, 15) is 0 Å². The first kappa shape index (κ1) is 17.0. The van der Waals surface area contributed by atoms with Gasteiger partial charge in [0.25, 0.3) is 0 Å². The zero-order chi connectivity index (χ0) is 15.8. The van der Waals surface area contributed by atoms with Crippen LogP contribution in [0.2, 0.25) is 0 Å². The normalized spacial score (nSPS) is 38.5. The van der Waals surface area contributed by atoms with Crippen molar-refractivity contribution < 1.29 is 9.47 Å². The molecule has 0 aromatic rings. The molecular weight excluding hydrogens is 296 g/mol. The first-order valence-electron chi connectivity index (χ1n) is 8.67. The van der Waals surface area contributed by atoms with Crippen LogP contribution in [0.1, 0.15) is 40.5 Å². The van der Waals surface area contributed by atoms with Crippen LogP contribution in [0.3, 0.4) is 0 Å². The number of hydrogen-bond donors (Lipinski definition) is 1. The molecule has 0 aromatic carbocycles. The molecule has 5 heteroatoms. The lowest BCUT2D eigenvalue weighted by Crippen LogP contribution is -2.60. The summed E-state index contributed by atoms with van der Waals surface area (Å²) in [6.07, 6.45) is 2.38. The second-order valence-corrected chi connectivity index (χ2v) is 9.33. The molecule has 3 saturated heterocycles. The van der Waals surface area contributed by atoms with Gasteiger partial charge >= 0.3 is 0 Å². The number of nitrogens with zero attached hydrogens (tertiary/aromatic N) is 1. The molecule has 0 spiro atoms. The van der Waals surface area contributed by atoms with Crippen LogP contribution in [-0.2, 0) is 9.47 Å². The summed E-state index contributed by atoms with van der Waals surface area (Å²) < 4.78 is 11.8. The Balaban J connectivity index is 1.65. The molecule has 0 aliphatic carbocycles. The number of ether oxygens (including phenoxy) is 2. The largest absolute Gasteiger partial charge is 0.379 e. The van der Waals surface area contributed by atoms with Crippen molar-refractivity contribution in [1.29, 1.82) is 0 Å². The molecule has 3 aliphatic rings. The summed E-state index contributed by atoms with van der Waals surface area (Å²) in [5, 5.41) is 3.89. The minimum absolute atomic E-state index is 0.0162. The maximum absolute atomic E-state index is 6.24. The minimum atomic E-state index is -0.0819. The Morgan fingerprint density at radius 2 is 1.91 bits per heavy atom. The summed E-state index contributed by atoms with van der Waals surface area (Å²) in [4.78, 5) is 2.68. The lowest BCUT2D eigenvalue weighted by atomic mass is 9.91. The lowest BCUT2D eigenvalue weighted by molar-refractivity contribution is -0.0711. The molecule has 3 rings (SSSR count). The third-order valence-electron chi connectivity index (χ3n) is 5.52. The highest BCUT2D eigenvalue weighted by atomic mass is 32.2. The average Bonchev–Trinajstić information content (AvgIpc) is 3.00. The summed E-state index contributed by atoms with van der Waals surface area (Å²) in [6, 6.07) is 0.436. The summed E-state index contributed by atoms with van der Waals surface area (Å²) in [5.74, 6) is 2.53. The van der Waals surface area contributed by atoms with Crippen molar-refractivity contribution in [2.45, 2.75) is 63.3 Å². The van der Waals surface area contributed by atoms with Gasteiger partial charge in [0.2, 0.25) is 0 Å². The molecule has 3 aliphatic heterocycles. The Kier molecular flexibility index (Phi) is 4.83. The van der Waals surface area contributed by atoms with Gasteiger partial charge in [-0.15, -0.1) is 0 Å². The van der Waals surface area contributed by atoms with E-state index < -0.39 is 0 Å². The lowest BCUT2D eigenvalue weighted by Gasteiger charge is -2.44. The first-order valence-corrected chi connectivity index (χ1v) is 9.83. The van der Waals surface area contributed by atoms with Gasteiger partial charge in [0.15, 0.2) is 0 Å². The SMILES string of the molecule is CC1(C)C[C@H](NC[C@@]2(N3CCOCC3)CCSC2)C(C)(C)O1. The molecule has 0 saturated carbocycles. The fourth-order valence-corrected chi connectivity index (χ4v) is 5.81. The number of thioether (sulfide) groups is 1. The second-order valence-electron chi connectivity index (χ2n) is 8.23.